The van der Waals surface area contributed by atoms with Crippen molar-refractivity contribution >= 4 is 5.69 Å². The molecule has 1 fully saturated rings. The first-order valence-corrected chi connectivity index (χ1v) is 8.51. The van der Waals surface area contributed by atoms with Crippen molar-refractivity contribution in [1.29, 1.82) is 0 Å². The van der Waals surface area contributed by atoms with E-state index in [1.54, 1.807) is 0 Å². The lowest BCUT2D eigenvalue weighted by molar-refractivity contribution is 0.252. The van der Waals surface area contributed by atoms with Crippen LogP contribution >= 0.6 is 0 Å². The summed E-state index contributed by atoms with van der Waals surface area (Å²) in [5.41, 5.74) is 1.37. The molecule has 1 heterocycles. The number of nitrogens with one attached hydrogen (secondary N) is 1. The Morgan fingerprint density at radius 1 is 0.952 bits per heavy atom. The molecule has 2 rings (SSSR count). The molecule has 1 aromatic rings. The molecule has 0 bridgehead atoms. The molecular weight excluding hydrogens is 258 g/mol. The van der Waals surface area contributed by atoms with Crippen molar-refractivity contribution < 1.29 is 0 Å². The van der Waals surface area contributed by atoms with E-state index in [0.29, 0.717) is 6.04 Å². The molecule has 0 radical (unpaired) electrons. The van der Waals surface area contributed by atoms with Gasteiger partial charge in [-0.05, 0) is 38.1 Å². The van der Waals surface area contributed by atoms with E-state index in [0.717, 1.165) is 0 Å². The predicted molar refractivity (Wildman–Crippen MR) is 92.1 cm³/mol. The number of nitrogens with zero attached hydrogens (tertiary/aromatic N) is 2. The van der Waals surface area contributed by atoms with Gasteiger partial charge in [0.15, 0.2) is 0 Å². The van der Waals surface area contributed by atoms with E-state index < -0.39 is 0 Å². The Bertz CT molecular complexity index is 369. The Morgan fingerprint density at radius 2 is 1.67 bits per heavy atom. The molecular formula is C18H31N3. The van der Waals surface area contributed by atoms with Gasteiger partial charge in [-0.25, -0.2) is 0 Å². The molecule has 21 heavy (non-hydrogen) atoms. The van der Waals surface area contributed by atoms with E-state index >= 15 is 0 Å². The minimum atomic E-state index is 0.621. The highest BCUT2D eigenvalue weighted by Gasteiger charge is 2.16. The summed E-state index contributed by atoms with van der Waals surface area (Å²) in [6.07, 6.45) is 3.99. The van der Waals surface area contributed by atoms with Crippen LogP contribution in [0.1, 0.15) is 33.1 Å². The average Bonchev–Trinajstić information content (AvgIpc) is 2.52. The van der Waals surface area contributed by atoms with Crippen molar-refractivity contribution in [2.45, 2.75) is 39.2 Å². The smallest absolute Gasteiger partial charge is 0.0367 e. The molecule has 1 aromatic carbocycles. The van der Waals surface area contributed by atoms with E-state index in [9.17, 15) is 0 Å². The SMILES string of the molecule is CC(C)NCCCCCN1CCN(c2ccccc2)CC1. The number of anilines is 1. The summed E-state index contributed by atoms with van der Waals surface area (Å²) in [5.74, 6) is 0. The normalized spacial score (nSPS) is 16.6. The largest absolute Gasteiger partial charge is 0.369 e. The van der Waals surface area contributed by atoms with Crippen LogP contribution in [0.3, 0.4) is 0 Å². The number of rotatable bonds is 8. The number of piperazine rings is 1. The molecule has 1 saturated heterocycles. The molecule has 0 unspecified atom stereocenters. The highest BCUT2D eigenvalue weighted by atomic mass is 15.3. The van der Waals surface area contributed by atoms with Crippen LogP contribution in [0.25, 0.3) is 0 Å². The molecule has 0 amide bonds. The zero-order chi connectivity index (χ0) is 14.9. The topological polar surface area (TPSA) is 18.5 Å². The maximum atomic E-state index is 3.49. The van der Waals surface area contributed by atoms with Gasteiger partial charge < -0.3 is 10.2 Å². The first kappa shape index (κ1) is 16.3. The van der Waals surface area contributed by atoms with Crippen molar-refractivity contribution in [1.82, 2.24) is 10.2 Å². The van der Waals surface area contributed by atoms with E-state index in [1.807, 2.05) is 0 Å². The Labute approximate surface area is 130 Å². The minimum absolute atomic E-state index is 0.621. The van der Waals surface area contributed by atoms with Crippen LogP contribution in [0.2, 0.25) is 0 Å². The highest BCUT2D eigenvalue weighted by molar-refractivity contribution is 5.46. The lowest BCUT2D eigenvalue weighted by Gasteiger charge is -2.36. The zero-order valence-corrected chi connectivity index (χ0v) is 13.7. The molecule has 3 heteroatoms. The summed E-state index contributed by atoms with van der Waals surface area (Å²) in [4.78, 5) is 5.12. The first-order chi connectivity index (χ1) is 10.3. The van der Waals surface area contributed by atoms with Crippen molar-refractivity contribution in [3.8, 4) is 0 Å². The van der Waals surface area contributed by atoms with Crippen LogP contribution in [0.5, 0.6) is 0 Å². The summed E-state index contributed by atoms with van der Waals surface area (Å²) in [7, 11) is 0. The fourth-order valence-corrected chi connectivity index (χ4v) is 2.90. The highest BCUT2D eigenvalue weighted by Crippen LogP contribution is 2.15. The number of unbranched alkanes of at least 4 members (excludes halogenated alkanes) is 2. The van der Waals surface area contributed by atoms with Crippen molar-refractivity contribution in [3.05, 3.63) is 30.3 Å². The van der Waals surface area contributed by atoms with Crippen molar-refractivity contribution in [3.63, 3.8) is 0 Å². The van der Waals surface area contributed by atoms with Gasteiger partial charge in [0, 0.05) is 37.9 Å². The number of benzene rings is 1. The van der Waals surface area contributed by atoms with Crippen LogP contribution in [0.15, 0.2) is 30.3 Å². The third-order valence-electron chi connectivity index (χ3n) is 4.20. The van der Waals surface area contributed by atoms with Crippen molar-refractivity contribution in [2.24, 2.45) is 0 Å². The van der Waals surface area contributed by atoms with Crippen molar-refractivity contribution in [2.75, 3.05) is 44.2 Å². The van der Waals surface area contributed by atoms with E-state index in [-0.39, 0.29) is 0 Å². The Morgan fingerprint density at radius 3 is 2.33 bits per heavy atom. The molecule has 1 aliphatic heterocycles. The predicted octanol–water partition coefficient (Wildman–Crippen LogP) is 2.98. The van der Waals surface area contributed by atoms with Gasteiger partial charge in [0.05, 0.1) is 0 Å². The van der Waals surface area contributed by atoms with E-state index in [1.165, 1.54) is 64.2 Å². The summed E-state index contributed by atoms with van der Waals surface area (Å²) in [6, 6.07) is 11.4. The quantitative estimate of drug-likeness (QED) is 0.742. The monoisotopic (exact) mass is 289 g/mol. The minimum Gasteiger partial charge on any atom is -0.369 e. The number of hydrogen-bond acceptors (Lipinski definition) is 3. The van der Waals surface area contributed by atoms with Gasteiger partial charge in [0.25, 0.3) is 0 Å². The summed E-state index contributed by atoms with van der Waals surface area (Å²) >= 11 is 0. The molecule has 0 aromatic heterocycles. The van der Waals surface area contributed by atoms with Crippen LogP contribution in [-0.4, -0.2) is 50.2 Å². The molecule has 0 saturated carbocycles. The average molecular weight is 289 g/mol. The van der Waals surface area contributed by atoms with Gasteiger partial charge in [-0.15, -0.1) is 0 Å². The lowest BCUT2D eigenvalue weighted by atomic mass is 10.2. The molecule has 0 atom stereocenters. The van der Waals surface area contributed by atoms with Crippen LogP contribution in [-0.2, 0) is 0 Å². The zero-order valence-electron chi connectivity index (χ0n) is 13.7. The lowest BCUT2D eigenvalue weighted by Crippen LogP contribution is -2.46. The third-order valence-corrected chi connectivity index (χ3v) is 4.20. The summed E-state index contributed by atoms with van der Waals surface area (Å²) in [5, 5.41) is 3.49. The molecule has 1 N–H and O–H groups in total. The number of hydrogen-bond donors (Lipinski definition) is 1. The van der Waals surface area contributed by atoms with Gasteiger partial charge in [-0.3, -0.25) is 4.90 Å². The van der Waals surface area contributed by atoms with Gasteiger partial charge in [-0.2, -0.15) is 0 Å². The maximum Gasteiger partial charge on any atom is 0.0367 e. The fraction of sp³-hybridized carbons (Fsp3) is 0.667. The number of para-hydroxylation sites is 1. The standard InChI is InChI=1S/C18H31N3/c1-17(2)19-11-7-4-8-12-20-13-15-21(16-14-20)18-9-5-3-6-10-18/h3,5-6,9-10,17,19H,4,7-8,11-16H2,1-2H3. The van der Waals surface area contributed by atoms with Gasteiger partial charge in [0.2, 0.25) is 0 Å². The second-order valence-electron chi connectivity index (χ2n) is 6.33. The van der Waals surface area contributed by atoms with Crippen LogP contribution < -0.4 is 10.2 Å². The maximum absolute atomic E-state index is 3.49. The van der Waals surface area contributed by atoms with E-state index in [2.05, 4.69) is 59.3 Å². The van der Waals surface area contributed by atoms with Crippen LogP contribution in [0.4, 0.5) is 5.69 Å². The Balaban J connectivity index is 1.55. The van der Waals surface area contributed by atoms with Gasteiger partial charge >= 0.3 is 0 Å². The first-order valence-electron chi connectivity index (χ1n) is 8.51. The molecule has 0 aliphatic carbocycles. The fourth-order valence-electron chi connectivity index (χ4n) is 2.90. The van der Waals surface area contributed by atoms with E-state index in [4.69, 9.17) is 0 Å². The third kappa shape index (κ3) is 6.06. The molecule has 1 aliphatic rings. The molecule has 118 valence electrons. The molecule has 3 nitrogen and oxygen atoms in total. The van der Waals surface area contributed by atoms with Gasteiger partial charge in [-0.1, -0.05) is 38.5 Å². The summed E-state index contributed by atoms with van der Waals surface area (Å²) < 4.78 is 0. The molecule has 0 spiro atoms. The second kappa shape index (κ2) is 9.06. The summed E-state index contributed by atoms with van der Waals surface area (Å²) in [6.45, 7) is 11.6. The Kier molecular flexibility index (Phi) is 7.04. The Hall–Kier alpha value is -1.06. The van der Waals surface area contributed by atoms with Gasteiger partial charge in [0.1, 0.15) is 0 Å². The second-order valence-corrected chi connectivity index (χ2v) is 6.33. The van der Waals surface area contributed by atoms with Crippen LogP contribution in [0, 0.1) is 0 Å².